The van der Waals surface area contributed by atoms with E-state index >= 15 is 0 Å². The molecule has 0 aromatic carbocycles. The van der Waals surface area contributed by atoms with E-state index in [1.165, 1.54) is 6.07 Å². The number of hydrogen-bond donors (Lipinski definition) is 1. The lowest BCUT2D eigenvalue weighted by Gasteiger charge is -1.99. The SMILES string of the molecule is O=[N+]([O-])c1ccc(CNCCc2cscn2)o1. The van der Waals surface area contributed by atoms with Gasteiger partial charge in [0.1, 0.15) is 10.7 Å². The molecule has 0 aliphatic carbocycles. The predicted molar refractivity (Wildman–Crippen MR) is 62.9 cm³/mol. The van der Waals surface area contributed by atoms with Crippen LogP contribution in [0.1, 0.15) is 11.5 Å². The number of thiazole rings is 1. The Balaban J connectivity index is 1.72. The molecule has 0 aliphatic heterocycles. The molecule has 0 atom stereocenters. The van der Waals surface area contributed by atoms with Gasteiger partial charge in [-0.15, -0.1) is 11.3 Å². The highest BCUT2D eigenvalue weighted by Crippen LogP contribution is 2.15. The Kier molecular flexibility index (Phi) is 3.84. The minimum Gasteiger partial charge on any atom is -0.404 e. The highest BCUT2D eigenvalue weighted by atomic mass is 32.1. The standard InChI is InChI=1S/C10H11N3O3S/c14-13(15)10-2-1-9(16-10)5-11-4-3-8-6-17-7-12-8/h1-2,6-7,11H,3-5H2. The quantitative estimate of drug-likeness (QED) is 0.483. The zero-order valence-corrected chi connectivity index (χ0v) is 9.77. The van der Waals surface area contributed by atoms with Crippen molar-refractivity contribution in [1.29, 1.82) is 0 Å². The summed E-state index contributed by atoms with van der Waals surface area (Å²) in [5, 5.41) is 15.5. The maximum Gasteiger partial charge on any atom is 0.433 e. The summed E-state index contributed by atoms with van der Waals surface area (Å²) in [5.41, 5.74) is 2.85. The molecule has 0 unspecified atom stereocenters. The molecule has 17 heavy (non-hydrogen) atoms. The van der Waals surface area contributed by atoms with Gasteiger partial charge in [-0.2, -0.15) is 0 Å². The molecular formula is C10H11N3O3S. The van der Waals surface area contributed by atoms with Crippen LogP contribution in [0, 0.1) is 10.1 Å². The van der Waals surface area contributed by atoms with Crippen LogP contribution in [0.2, 0.25) is 0 Å². The molecule has 90 valence electrons. The third kappa shape index (κ3) is 3.36. The van der Waals surface area contributed by atoms with Gasteiger partial charge in [-0.05, 0) is 6.07 Å². The van der Waals surface area contributed by atoms with Gasteiger partial charge in [0.25, 0.3) is 0 Å². The summed E-state index contributed by atoms with van der Waals surface area (Å²) < 4.78 is 5.01. The summed E-state index contributed by atoms with van der Waals surface area (Å²) in [5.74, 6) is 0.344. The van der Waals surface area contributed by atoms with E-state index in [2.05, 4.69) is 10.3 Å². The number of nitrogens with zero attached hydrogens (tertiary/aromatic N) is 2. The summed E-state index contributed by atoms with van der Waals surface area (Å²) in [6, 6.07) is 2.96. The van der Waals surface area contributed by atoms with Crippen molar-refractivity contribution < 1.29 is 9.34 Å². The molecule has 6 nitrogen and oxygen atoms in total. The number of aromatic nitrogens is 1. The first-order chi connectivity index (χ1) is 8.25. The second kappa shape index (κ2) is 5.55. The van der Waals surface area contributed by atoms with Crippen LogP contribution in [0.25, 0.3) is 0 Å². The van der Waals surface area contributed by atoms with Crippen molar-refractivity contribution in [3.05, 3.63) is 44.6 Å². The van der Waals surface area contributed by atoms with Crippen molar-refractivity contribution in [3.8, 4) is 0 Å². The highest BCUT2D eigenvalue weighted by molar-refractivity contribution is 7.07. The molecule has 0 aliphatic rings. The Morgan fingerprint density at radius 3 is 3.06 bits per heavy atom. The number of rotatable bonds is 6. The summed E-state index contributed by atoms with van der Waals surface area (Å²) in [4.78, 5) is 14.0. The number of furan rings is 1. The van der Waals surface area contributed by atoms with E-state index in [1.807, 2.05) is 5.38 Å². The Morgan fingerprint density at radius 2 is 2.41 bits per heavy atom. The van der Waals surface area contributed by atoms with E-state index in [0.717, 1.165) is 18.7 Å². The van der Waals surface area contributed by atoms with E-state index < -0.39 is 4.92 Å². The molecule has 7 heteroatoms. The number of nitro groups is 1. The van der Waals surface area contributed by atoms with E-state index in [1.54, 1.807) is 22.9 Å². The van der Waals surface area contributed by atoms with Crippen LogP contribution in [0.3, 0.4) is 0 Å². The Hall–Kier alpha value is -1.73. The molecule has 2 aromatic heterocycles. The maximum absolute atomic E-state index is 10.4. The predicted octanol–water partition coefficient (Wildman–Crippen LogP) is 1.98. The molecule has 0 saturated carbocycles. The minimum absolute atomic E-state index is 0.221. The van der Waals surface area contributed by atoms with Crippen molar-refractivity contribution >= 4 is 17.2 Å². The molecule has 0 bridgehead atoms. The van der Waals surface area contributed by atoms with E-state index in [-0.39, 0.29) is 5.88 Å². The Bertz CT molecular complexity index is 481. The molecule has 2 rings (SSSR count). The summed E-state index contributed by atoms with van der Waals surface area (Å²) >= 11 is 1.57. The van der Waals surface area contributed by atoms with Crippen LogP contribution in [-0.4, -0.2) is 16.5 Å². The van der Waals surface area contributed by atoms with Gasteiger partial charge in [0.15, 0.2) is 0 Å². The van der Waals surface area contributed by atoms with E-state index in [9.17, 15) is 10.1 Å². The second-order valence-corrected chi connectivity index (χ2v) is 4.12. The Morgan fingerprint density at radius 1 is 1.53 bits per heavy atom. The maximum atomic E-state index is 10.4. The highest BCUT2D eigenvalue weighted by Gasteiger charge is 2.10. The largest absolute Gasteiger partial charge is 0.433 e. The number of nitrogens with one attached hydrogen (secondary N) is 1. The topological polar surface area (TPSA) is 81.2 Å². The van der Waals surface area contributed by atoms with Gasteiger partial charge in [0.2, 0.25) is 0 Å². The molecule has 0 saturated heterocycles. The summed E-state index contributed by atoms with van der Waals surface area (Å²) in [7, 11) is 0. The fourth-order valence-corrected chi connectivity index (χ4v) is 1.94. The zero-order valence-electron chi connectivity index (χ0n) is 8.96. The first kappa shape index (κ1) is 11.7. The van der Waals surface area contributed by atoms with Crippen molar-refractivity contribution in [1.82, 2.24) is 10.3 Å². The van der Waals surface area contributed by atoms with Crippen LogP contribution >= 0.6 is 11.3 Å². The second-order valence-electron chi connectivity index (χ2n) is 3.40. The van der Waals surface area contributed by atoms with Crippen molar-refractivity contribution in [2.45, 2.75) is 13.0 Å². The number of hydrogen-bond acceptors (Lipinski definition) is 6. The van der Waals surface area contributed by atoms with Crippen LogP contribution < -0.4 is 5.32 Å². The summed E-state index contributed by atoms with van der Waals surface area (Å²) in [6.07, 6.45) is 0.840. The molecule has 2 heterocycles. The molecular weight excluding hydrogens is 242 g/mol. The lowest BCUT2D eigenvalue weighted by molar-refractivity contribution is -0.402. The van der Waals surface area contributed by atoms with Crippen LogP contribution in [-0.2, 0) is 13.0 Å². The van der Waals surface area contributed by atoms with Crippen LogP contribution in [0.5, 0.6) is 0 Å². The average molecular weight is 253 g/mol. The van der Waals surface area contributed by atoms with Crippen LogP contribution in [0.4, 0.5) is 5.88 Å². The third-order valence-corrected chi connectivity index (χ3v) is 2.80. The van der Waals surface area contributed by atoms with Gasteiger partial charge >= 0.3 is 5.88 Å². The van der Waals surface area contributed by atoms with Gasteiger partial charge in [-0.1, -0.05) is 0 Å². The Labute approximate surface area is 101 Å². The minimum atomic E-state index is -0.543. The molecule has 1 N–H and O–H groups in total. The monoisotopic (exact) mass is 253 g/mol. The third-order valence-electron chi connectivity index (χ3n) is 2.17. The van der Waals surface area contributed by atoms with E-state index in [0.29, 0.717) is 12.3 Å². The van der Waals surface area contributed by atoms with E-state index in [4.69, 9.17) is 4.42 Å². The fourth-order valence-electron chi connectivity index (χ4n) is 1.35. The van der Waals surface area contributed by atoms with Crippen molar-refractivity contribution in [2.24, 2.45) is 0 Å². The lowest BCUT2D eigenvalue weighted by atomic mass is 10.3. The first-order valence-electron chi connectivity index (χ1n) is 5.06. The van der Waals surface area contributed by atoms with Crippen LogP contribution in [0.15, 0.2) is 27.4 Å². The summed E-state index contributed by atoms with van der Waals surface area (Å²) in [6.45, 7) is 1.25. The fraction of sp³-hybridized carbons (Fsp3) is 0.300. The molecule has 0 radical (unpaired) electrons. The zero-order chi connectivity index (χ0) is 12.1. The molecule has 2 aromatic rings. The lowest BCUT2D eigenvalue weighted by Crippen LogP contribution is -2.16. The smallest absolute Gasteiger partial charge is 0.404 e. The first-order valence-corrected chi connectivity index (χ1v) is 6.01. The van der Waals surface area contributed by atoms with Gasteiger partial charge < -0.3 is 9.73 Å². The normalized spacial score (nSPS) is 10.6. The molecule has 0 fully saturated rings. The van der Waals surface area contributed by atoms with Crippen molar-refractivity contribution in [2.75, 3.05) is 6.54 Å². The van der Waals surface area contributed by atoms with Crippen molar-refractivity contribution in [3.63, 3.8) is 0 Å². The van der Waals surface area contributed by atoms with Gasteiger partial charge in [-0.3, -0.25) is 10.1 Å². The molecule has 0 amide bonds. The van der Waals surface area contributed by atoms with Gasteiger partial charge in [-0.25, -0.2) is 4.98 Å². The van der Waals surface area contributed by atoms with Gasteiger partial charge in [0, 0.05) is 18.3 Å². The molecule has 0 spiro atoms. The average Bonchev–Trinajstić information content (AvgIpc) is 2.96. The van der Waals surface area contributed by atoms with Gasteiger partial charge in [0.05, 0.1) is 23.8 Å².